The van der Waals surface area contributed by atoms with Gasteiger partial charge in [0.2, 0.25) is 0 Å². The fourth-order valence-electron chi connectivity index (χ4n) is 0.973. The zero-order valence-electron chi connectivity index (χ0n) is 8.49. The summed E-state index contributed by atoms with van der Waals surface area (Å²) in [6.45, 7) is 5.14. The van der Waals surface area contributed by atoms with Gasteiger partial charge in [0, 0.05) is 25.5 Å². The fourth-order valence-corrected chi connectivity index (χ4v) is 0.973. The fraction of sp³-hybridized carbons (Fsp3) is 0.500. The minimum atomic E-state index is 0.0356. The number of hydrogen-bond acceptors (Lipinski definition) is 4. The van der Waals surface area contributed by atoms with E-state index in [0.29, 0.717) is 13.1 Å². The monoisotopic (exact) mass is 190 g/mol. The van der Waals surface area contributed by atoms with Crippen LogP contribution in [0.25, 0.3) is 0 Å². The van der Waals surface area contributed by atoms with Crippen LogP contribution in [0, 0.1) is 24.2 Å². The normalized spacial score (nSPS) is 12.1. The van der Waals surface area contributed by atoms with Crippen LogP contribution in [0.1, 0.15) is 18.3 Å². The molecule has 1 unspecified atom stereocenters. The summed E-state index contributed by atoms with van der Waals surface area (Å²) in [5.74, 6) is 0.0356. The summed E-state index contributed by atoms with van der Waals surface area (Å²) in [5, 5.41) is 11.7. The molecule has 74 valence electrons. The molecule has 1 N–H and O–H groups in total. The third-order valence-electron chi connectivity index (χ3n) is 1.81. The van der Waals surface area contributed by atoms with Crippen LogP contribution in [0.4, 0.5) is 0 Å². The average Bonchev–Trinajstić information content (AvgIpc) is 2.21. The summed E-state index contributed by atoms with van der Waals surface area (Å²) in [7, 11) is 0. The van der Waals surface area contributed by atoms with E-state index in [0.717, 1.165) is 11.4 Å². The van der Waals surface area contributed by atoms with Crippen molar-refractivity contribution in [2.24, 2.45) is 5.92 Å². The maximum absolute atomic E-state index is 8.55. The second-order valence-corrected chi connectivity index (χ2v) is 3.31. The molecule has 0 bridgehead atoms. The van der Waals surface area contributed by atoms with Gasteiger partial charge in [-0.25, -0.2) is 0 Å². The van der Waals surface area contributed by atoms with E-state index in [1.165, 1.54) is 0 Å². The lowest BCUT2D eigenvalue weighted by Gasteiger charge is -2.04. The SMILES string of the molecule is Cc1cnc(CNCC(C)C#N)cn1. The molecule has 4 heteroatoms. The van der Waals surface area contributed by atoms with Gasteiger partial charge in [-0.1, -0.05) is 0 Å². The highest BCUT2D eigenvalue weighted by Gasteiger charge is 1.99. The van der Waals surface area contributed by atoms with Gasteiger partial charge < -0.3 is 5.32 Å². The number of aromatic nitrogens is 2. The molecule has 0 saturated carbocycles. The summed E-state index contributed by atoms with van der Waals surface area (Å²) in [5.41, 5.74) is 1.82. The topological polar surface area (TPSA) is 61.6 Å². The Morgan fingerprint density at radius 1 is 1.50 bits per heavy atom. The van der Waals surface area contributed by atoms with E-state index in [-0.39, 0.29) is 5.92 Å². The lowest BCUT2D eigenvalue weighted by molar-refractivity contribution is 0.594. The molecule has 4 nitrogen and oxygen atoms in total. The number of aryl methyl sites for hydroxylation is 1. The quantitative estimate of drug-likeness (QED) is 0.770. The molecular formula is C10H14N4. The summed E-state index contributed by atoms with van der Waals surface area (Å²) in [4.78, 5) is 8.32. The zero-order chi connectivity index (χ0) is 10.4. The third kappa shape index (κ3) is 3.50. The molecule has 1 heterocycles. The van der Waals surface area contributed by atoms with Gasteiger partial charge in [0.15, 0.2) is 0 Å². The molecule has 1 aromatic heterocycles. The molecule has 0 aliphatic carbocycles. The first-order valence-corrected chi connectivity index (χ1v) is 4.60. The minimum absolute atomic E-state index is 0.0356. The molecule has 1 rings (SSSR count). The Hall–Kier alpha value is -1.47. The molecule has 0 spiro atoms. The Morgan fingerprint density at radius 3 is 2.86 bits per heavy atom. The van der Waals surface area contributed by atoms with E-state index in [9.17, 15) is 0 Å². The van der Waals surface area contributed by atoms with Gasteiger partial charge in [-0.3, -0.25) is 9.97 Å². The molecule has 0 radical (unpaired) electrons. The van der Waals surface area contributed by atoms with Crippen LogP contribution < -0.4 is 5.32 Å². The molecule has 0 amide bonds. The second-order valence-electron chi connectivity index (χ2n) is 3.31. The van der Waals surface area contributed by atoms with Crippen molar-refractivity contribution in [1.82, 2.24) is 15.3 Å². The molecular weight excluding hydrogens is 176 g/mol. The van der Waals surface area contributed by atoms with Crippen molar-refractivity contribution in [2.75, 3.05) is 6.54 Å². The van der Waals surface area contributed by atoms with Gasteiger partial charge >= 0.3 is 0 Å². The first-order valence-electron chi connectivity index (χ1n) is 4.60. The van der Waals surface area contributed by atoms with Crippen LogP contribution in [-0.4, -0.2) is 16.5 Å². The number of nitriles is 1. The van der Waals surface area contributed by atoms with Crippen LogP contribution in [0.5, 0.6) is 0 Å². The Balaban J connectivity index is 2.32. The largest absolute Gasteiger partial charge is 0.310 e. The molecule has 0 aromatic carbocycles. The highest BCUT2D eigenvalue weighted by Crippen LogP contribution is 1.94. The molecule has 0 aliphatic heterocycles. The first-order chi connectivity index (χ1) is 6.72. The third-order valence-corrected chi connectivity index (χ3v) is 1.81. The standard InChI is InChI=1S/C10H14N4/c1-8(3-11)4-12-6-10-7-13-9(2)5-14-10/h5,7-8,12H,4,6H2,1-2H3. The van der Waals surface area contributed by atoms with Crippen molar-refractivity contribution in [3.8, 4) is 6.07 Å². The van der Waals surface area contributed by atoms with Crippen molar-refractivity contribution < 1.29 is 0 Å². The van der Waals surface area contributed by atoms with Crippen LogP contribution in [0.2, 0.25) is 0 Å². The van der Waals surface area contributed by atoms with E-state index in [1.807, 2.05) is 13.8 Å². The minimum Gasteiger partial charge on any atom is -0.310 e. The summed E-state index contributed by atoms with van der Waals surface area (Å²) < 4.78 is 0. The van der Waals surface area contributed by atoms with Gasteiger partial charge in [0.05, 0.1) is 23.4 Å². The number of rotatable bonds is 4. The van der Waals surface area contributed by atoms with Gasteiger partial charge in [-0.05, 0) is 13.8 Å². The average molecular weight is 190 g/mol. The Labute approximate surface area is 84.0 Å². The summed E-state index contributed by atoms with van der Waals surface area (Å²) in [6, 6.07) is 2.16. The van der Waals surface area contributed by atoms with Crippen LogP contribution in [0.3, 0.4) is 0 Å². The van der Waals surface area contributed by atoms with Crippen LogP contribution >= 0.6 is 0 Å². The number of nitrogens with one attached hydrogen (secondary N) is 1. The molecule has 14 heavy (non-hydrogen) atoms. The van der Waals surface area contributed by atoms with Crippen LogP contribution in [-0.2, 0) is 6.54 Å². The predicted octanol–water partition coefficient (Wildman–Crippen LogP) is 1.03. The molecule has 1 aromatic rings. The van der Waals surface area contributed by atoms with Crippen molar-refractivity contribution in [3.05, 3.63) is 23.8 Å². The Morgan fingerprint density at radius 2 is 2.29 bits per heavy atom. The van der Waals surface area contributed by atoms with E-state index in [4.69, 9.17) is 5.26 Å². The Kier molecular flexibility index (Phi) is 4.02. The molecule has 1 atom stereocenters. The smallest absolute Gasteiger partial charge is 0.0724 e. The predicted molar refractivity (Wildman–Crippen MR) is 53.3 cm³/mol. The molecule has 0 saturated heterocycles. The van der Waals surface area contributed by atoms with Gasteiger partial charge in [0.1, 0.15) is 0 Å². The maximum atomic E-state index is 8.55. The van der Waals surface area contributed by atoms with Gasteiger partial charge in [-0.15, -0.1) is 0 Å². The van der Waals surface area contributed by atoms with Crippen LogP contribution in [0.15, 0.2) is 12.4 Å². The molecule has 0 fully saturated rings. The summed E-state index contributed by atoms with van der Waals surface area (Å²) in [6.07, 6.45) is 3.49. The molecule has 0 aliphatic rings. The summed E-state index contributed by atoms with van der Waals surface area (Å²) >= 11 is 0. The number of nitrogens with zero attached hydrogens (tertiary/aromatic N) is 3. The Bertz CT molecular complexity index is 312. The number of hydrogen-bond donors (Lipinski definition) is 1. The lowest BCUT2D eigenvalue weighted by Crippen LogP contribution is -2.20. The van der Waals surface area contributed by atoms with Crippen molar-refractivity contribution >= 4 is 0 Å². The van der Waals surface area contributed by atoms with Crippen molar-refractivity contribution in [1.29, 1.82) is 5.26 Å². The lowest BCUT2D eigenvalue weighted by atomic mass is 10.2. The highest BCUT2D eigenvalue weighted by atomic mass is 14.9. The van der Waals surface area contributed by atoms with Crippen molar-refractivity contribution in [3.63, 3.8) is 0 Å². The van der Waals surface area contributed by atoms with E-state index < -0.39 is 0 Å². The maximum Gasteiger partial charge on any atom is 0.0724 e. The van der Waals surface area contributed by atoms with Crippen molar-refractivity contribution in [2.45, 2.75) is 20.4 Å². The van der Waals surface area contributed by atoms with E-state index in [1.54, 1.807) is 12.4 Å². The zero-order valence-corrected chi connectivity index (χ0v) is 8.49. The highest BCUT2D eigenvalue weighted by molar-refractivity contribution is 5.00. The van der Waals surface area contributed by atoms with Gasteiger partial charge in [-0.2, -0.15) is 5.26 Å². The second kappa shape index (κ2) is 5.30. The van der Waals surface area contributed by atoms with E-state index in [2.05, 4.69) is 21.4 Å². The first kappa shape index (κ1) is 10.6. The van der Waals surface area contributed by atoms with E-state index >= 15 is 0 Å². The van der Waals surface area contributed by atoms with Gasteiger partial charge in [0.25, 0.3) is 0 Å².